The first-order chi connectivity index (χ1) is 14.0. The zero-order chi connectivity index (χ0) is 20.4. The number of rotatable bonds is 5. The molecule has 150 valence electrons. The Morgan fingerprint density at radius 2 is 1.69 bits per heavy atom. The summed E-state index contributed by atoms with van der Waals surface area (Å²) >= 11 is 5.99. The van der Waals surface area contributed by atoms with E-state index >= 15 is 0 Å². The van der Waals surface area contributed by atoms with Gasteiger partial charge in [-0.3, -0.25) is 24.3 Å². The number of benzene rings is 1. The van der Waals surface area contributed by atoms with Crippen molar-refractivity contribution in [1.29, 1.82) is 0 Å². The maximum Gasteiger partial charge on any atom is 0.247 e. The molecule has 6 nitrogen and oxygen atoms in total. The summed E-state index contributed by atoms with van der Waals surface area (Å²) in [7, 11) is 0. The molecular formula is C22H22ClN3O3. The van der Waals surface area contributed by atoms with Crippen molar-refractivity contribution in [3.63, 3.8) is 0 Å². The molecule has 2 heterocycles. The average Bonchev–Trinajstić information content (AvgIpc) is 2.98. The number of imide groups is 1. The van der Waals surface area contributed by atoms with E-state index in [2.05, 4.69) is 4.98 Å². The molecule has 29 heavy (non-hydrogen) atoms. The molecular weight excluding hydrogens is 390 g/mol. The van der Waals surface area contributed by atoms with E-state index in [4.69, 9.17) is 11.6 Å². The highest BCUT2D eigenvalue weighted by molar-refractivity contribution is 6.30. The molecule has 2 atom stereocenters. The van der Waals surface area contributed by atoms with E-state index in [1.54, 1.807) is 41.4 Å². The molecule has 4 rings (SSSR count). The Labute approximate surface area is 174 Å². The molecule has 1 saturated heterocycles. The van der Waals surface area contributed by atoms with Gasteiger partial charge in [0.15, 0.2) is 0 Å². The van der Waals surface area contributed by atoms with Crippen LogP contribution in [0.2, 0.25) is 5.02 Å². The number of amides is 3. The van der Waals surface area contributed by atoms with E-state index in [1.165, 1.54) is 0 Å². The number of carbonyl (C=O) groups excluding carboxylic acids is 3. The minimum absolute atomic E-state index is 0.207. The second-order valence-corrected chi connectivity index (χ2v) is 7.97. The summed E-state index contributed by atoms with van der Waals surface area (Å²) in [6.07, 6.45) is 5.04. The molecule has 1 aliphatic heterocycles. The Balaban J connectivity index is 1.57. The largest absolute Gasteiger partial charge is 0.305 e. The number of hydrogen-bond acceptors (Lipinski definition) is 4. The van der Waals surface area contributed by atoms with Gasteiger partial charge in [0, 0.05) is 16.9 Å². The van der Waals surface area contributed by atoms with E-state index in [0.717, 1.165) is 30.6 Å². The van der Waals surface area contributed by atoms with E-state index < -0.39 is 0 Å². The van der Waals surface area contributed by atoms with Crippen LogP contribution < -0.4 is 4.90 Å². The highest BCUT2D eigenvalue weighted by Gasteiger charge is 2.48. The van der Waals surface area contributed by atoms with Crippen molar-refractivity contribution >= 4 is 35.0 Å². The lowest BCUT2D eigenvalue weighted by Gasteiger charge is -2.25. The number of anilines is 1. The van der Waals surface area contributed by atoms with Crippen LogP contribution in [0.5, 0.6) is 0 Å². The van der Waals surface area contributed by atoms with E-state index in [1.807, 2.05) is 12.1 Å². The van der Waals surface area contributed by atoms with Crippen molar-refractivity contribution in [1.82, 2.24) is 9.88 Å². The summed E-state index contributed by atoms with van der Waals surface area (Å²) in [5, 5.41) is 0.563. The summed E-state index contributed by atoms with van der Waals surface area (Å²) in [5.74, 6) is -1.25. The second-order valence-electron chi connectivity index (χ2n) is 7.54. The predicted octanol–water partition coefficient (Wildman–Crippen LogP) is 3.44. The Kier molecular flexibility index (Phi) is 5.62. The highest BCUT2D eigenvalue weighted by Crippen LogP contribution is 2.38. The van der Waals surface area contributed by atoms with Gasteiger partial charge in [0.25, 0.3) is 0 Å². The van der Waals surface area contributed by atoms with Crippen LogP contribution in [0.1, 0.15) is 31.4 Å². The lowest BCUT2D eigenvalue weighted by molar-refractivity contribution is -0.143. The van der Waals surface area contributed by atoms with Gasteiger partial charge in [-0.25, -0.2) is 0 Å². The lowest BCUT2D eigenvalue weighted by atomic mass is 9.81. The molecule has 0 spiro atoms. The van der Waals surface area contributed by atoms with Crippen molar-refractivity contribution in [3.05, 3.63) is 59.4 Å². The molecule has 7 heteroatoms. The van der Waals surface area contributed by atoms with Crippen LogP contribution in [-0.4, -0.2) is 34.2 Å². The minimum atomic E-state index is -0.321. The third kappa shape index (κ3) is 4.03. The molecule has 2 fully saturated rings. The Hall–Kier alpha value is -2.73. The Bertz CT molecular complexity index is 893. The van der Waals surface area contributed by atoms with Gasteiger partial charge in [0.1, 0.15) is 6.54 Å². The fourth-order valence-corrected chi connectivity index (χ4v) is 4.33. The fourth-order valence-electron chi connectivity index (χ4n) is 4.21. The predicted molar refractivity (Wildman–Crippen MR) is 109 cm³/mol. The fraction of sp³-hybridized carbons (Fsp3) is 0.364. The molecule has 1 aliphatic carbocycles. The molecule has 1 aromatic heterocycles. The molecule has 1 saturated carbocycles. The minimum Gasteiger partial charge on any atom is -0.305 e. The number of aromatic nitrogens is 1. The van der Waals surface area contributed by atoms with Gasteiger partial charge in [-0.2, -0.15) is 0 Å². The van der Waals surface area contributed by atoms with Crippen LogP contribution in [0.4, 0.5) is 5.69 Å². The van der Waals surface area contributed by atoms with Gasteiger partial charge in [-0.1, -0.05) is 30.5 Å². The number of pyridine rings is 1. The third-order valence-corrected chi connectivity index (χ3v) is 5.96. The first-order valence-electron chi connectivity index (χ1n) is 9.85. The SMILES string of the molecule is O=C1C2CCCCC2C(=O)N1CC(=O)N(Cc1ccccn1)c1ccc(Cl)cc1. The van der Waals surface area contributed by atoms with Gasteiger partial charge < -0.3 is 4.90 Å². The standard InChI is InChI=1S/C22H22ClN3O3/c23-15-8-10-17(11-9-15)25(13-16-5-3-4-12-24-16)20(27)14-26-21(28)18-6-1-2-7-19(18)22(26)29/h3-5,8-12,18-19H,1-2,6-7,13-14H2. The number of halogens is 1. The van der Waals surface area contributed by atoms with E-state index in [9.17, 15) is 14.4 Å². The van der Waals surface area contributed by atoms with Crippen LogP contribution in [-0.2, 0) is 20.9 Å². The van der Waals surface area contributed by atoms with Crippen molar-refractivity contribution in [2.75, 3.05) is 11.4 Å². The lowest BCUT2D eigenvalue weighted by Crippen LogP contribution is -2.43. The Morgan fingerprint density at radius 1 is 1.03 bits per heavy atom. The molecule has 1 aromatic carbocycles. The van der Waals surface area contributed by atoms with Crippen LogP contribution in [0.15, 0.2) is 48.7 Å². The maximum absolute atomic E-state index is 13.2. The number of likely N-dealkylation sites (tertiary alicyclic amines) is 1. The molecule has 2 aromatic rings. The maximum atomic E-state index is 13.2. The van der Waals surface area contributed by atoms with Crippen LogP contribution in [0, 0.1) is 11.8 Å². The van der Waals surface area contributed by atoms with Gasteiger partial charge >= 0.3 is 0 Å². The van der Waals surface area contributed by atoms with Gasteiger partial charge in [0.05, 0.1) is 24.1 Å². The number of nitrogens with zero attached hydrogens (tertiary/aromatic N) is 3. The molecule has 0 N–H and O–H groups in total. The van der Waals surface area contributed by atoms with Crippen LogP contribution >= 0.6 is 11.6 Å². The third-order valence-electron chi connectivity index (χ3n) is 5.71. The summed E-state index contributed by atoms with van der Waals surface area (Å²) in [6.45, 7) is -0.00941. The highest BCUT2D eigenvalue weighted by atomic mass is 35.5. The summed E-state index contributed by atoms with van der Waals surface area (Å²) in [6, 6.07) is 12.4. The monoisotopic (exact) mass is 411 g/mol. The normalized spacial score (nSPS) is 21.2. The first kappa shape index (κ1) is 19.6. The number of fused-ring (bicyclic) bond motifs is 1. The molecule has 3 amide bonds. The van der Waals surface area contributed by atoms with Gasteiger partial charge in [-0.05, 0) is 49.2 Å². The van der Waals surface area contributed by atoms with Gasteiger partial charge in [0.2, 0.25) is 17.7 Å². The smallest absolute Gasteiger partial charge is 0.247 e. The van der Waals surface area contributed by atoms with E-state index in [-0.39, 0.29) is 42.6 Å². The average molecular weight is 412 g/mol. The zero-order valence-corrected chi connectivity index (χ0v) is 16.7. The Morgan fingerprint density at radius 3 is 2.28 bits per heavy atom. The van der Waals surface area contributed by atoms with Crippen molar-refractivity contribution in [2.45, 2.75) is 32.2 Å². The van der Waals surface area contributed by atoms with Crippen molar-refractivity contribution in [3.8, 4) is 0 Å². The zero-order valence-electron chi connectivity index (χ0n) is 16.0. The summed E-state index contributed by atoms with van der Waals surface area (Å²) in [4.78, 5) is 45.7. The van der Waals surface area contributed by atoms with Crippen molar-refractivity contribution in [2.24, 2.45) is 11.8 Å². The van der Waals surface area contributed by atoms with Gasteiger partial charge in [-0.15, -0.1) is 0 Å². The van der Waals surface area contributed by atoms with Crippen LogP contribution in [0.25, 0.3) is 0 Å². The van der Waals surface area contributed by atoms with Crippen LogP contribution in [0.3, 0.4) is 0 Å². The molecule has 2 aliphatic rings. The molecule has 0 bridgehead atoms. The number of carbonyl (C=O) groups is 3. The number of hydrogen-bond donors (Lipinski definition) is 0. The topological polar surface area (TPSA) is 70.6 Å². The first-order valence-corrected chi connectivity index (χ1v) is 10.2. The van der Waals surface area contributed by atoms with Crippen molar-refractivity contribution < 1.29 is 14.4 Å². The molecule has 2 unspecified atom stereocenters. The van der Waals surface area contributed by atoms with E-state index in [0.29, 0.717) is 16.4 Å². The summed E-state index contributed by atoms with van der Waals surface area (Å²) < 4.78 is 0. The summed E-state index contributed by atoms with van der Waals surface area (Å²) in [5.41, 5.74) is 1.35. The second kappa shape index (κ2) is 8.33. The molecule has 0 radical (unpaired) electrons. The quantitative estimate of drug-likeness (QED) is 0.706.